The van der Waals surface area contributed by atoms with E-state index in [1.54, 1.807) is 5.38 Å². The summed E-state index contributed by atoms with van der Waals surface area (Å²) < 4.78 is 30.3. The summed E-state index contributed by atoms with van der Waals surface area (Å²) >= 11 is 1.46. The van der Waals surface area contributed by atoms with E-state index in [4.69, 9.17) is 9.84 Å². The highest BCUT2D eigenvalue weighted by molar-refractivity contribution is 7.74. The van der Waals surface area contributed by atoms with Crippen molar-refractivity contribution in [2.45, 2.75) is 45.4 Å². The van der Waals surface area contributed by atoms with Gasteiger partial charge in [0, 0.05) is 11.3 Å². The fourth-order valence-corrected chi connectivity index (χ4v) is 5.14. The Bertz CT molecular complexity index is 934. The first kappa shape index (κ1) is 20.6. The minimum atomic E-state index is -3.03. The number of thiazole rings is 1. The molecule has 1 N–H and O–H groups in total. The molecule has 0 bridgehead atoms. The number of thiol groups is 1. The summed E-state index contributed by atoms with van der Waals surface area (Å²) in [5.41, 5.74) is 0.607. The Morgan fingerprint density at radius 1 is 1.32 bits per heavy atom. The van der Waals surface area contributed by atoms with E-state index in [0.29, 0.717) is 17.2 Å². The van der Waals surface area contributed by atoms with E-state index in [-0.39, 0.29) is 17.0 Å². The summed E-state index contributed by atoms with van der Waals surface area (Å²) in [5, 5.41) is 11.8. The van der Waals surface area contributed by atoms with Gasteiger partial charge in [-0.15, -0.1) is 11.3 Å². The van der Waals surface area contributed by atoms with Crippen LogP contribution in [0.5, 0.6) is 5.75 Å². The number of aromatic nitrogens is 1. The first-order chi connectivity index (χ1) is 13.2. The molecule has 0 amide bonds. The maximum absolute atomic E-state index is 12.0. The average Bonchev–Trinajstić information content (AvgIpc) is 3.11. The third kappa shape index (κ3) is 4.30. The molecule has 1 saturated carbocycles. The van der Waals surface area contributed by atoms with E-state index < -0.39 is 16.9 Å². The molecule has 0 radical (unpaired) electrons. The number of carboxylic acids is 1. The van der Waals surface area contributed by atoms with Crippen molar-refractivity contribution in [1.82, 2.24) is 4.98 Å². The van der Waals surface area contributed by atoms with Crippen LogP contribution in [0.2, 0.25) is 0 Å². The Balaban J connectivity index is 1.92. The fraction of sp³-hybridized carbons (Fsp3) is 0.474. The lowest BCUT2D eigenvalue weighted by Crippen LogP contribution is -2.20. The molecule has 0 unspecified atom stereocenters. The first-order valence-electron chi connectivity index (χ1n) is 9.03. The first-order valence-corrected chi connectivity index (χ1v) is 11.0. The molecule has 0 saturated heterocycles. The molecule has 152 valence electrons. The predicted octanol–water partition coefficient (Wildman–Crippen LogP) is 4.20. The second kappa shape index (κ2) is 8.08. The zero-order valence-electron chi connectivity index (χ0n) is 16.0. The molecule has 0 spiro atoms. The summed E-state index contributed by atoms with van der Waals surface area (Å²) in [5.74, 6) is -0.302. The summed E-state index contributed by atoms with van der Waals surface area (Å²) in [6.45, 7) is 4.54. The number of hydrogen-bond acceptors (Lipinski definition) is 6. The van der Waals surface area contributed by atoms with Crippen LogP contribution in [0.4, 0.5) is 11.5 Å². The van der Waals surface area contributed by atoms with E-state index >= 15 is 0 Å². The van der Waals surface area contributed by atoms with E-state index in [2.05, 4.69) is 18.8 Å². The summed E-state index contributed by atoms with van der Waals surface area (Å²) in [7, 11) is -1.66. The number of methoxy groups -OCH3 is 1. The van der Waals surface area contributed by atoms with Crippen molar-refractivity contribution in [3.8, 4) is 5.75 Å². The zero-order chi connectivity index (χ0) is 20.5. The van der Waals surface area contributed by atoms with Crippen LogP contribution in [-0.2, 0) is 10.9 Å². The number of aromatic carboxylic acids is 1. The molecule has 9 heteroatoms. The Morgan fingerprint density at radius 3 is 2.57 bits per heavy atom. The number of benzene rings is 1. The van der Waals surface area contributed by atoms with E-state index in [9.17, 15) is 13.2 Å². The number of anilines is 2. The number of nitrogens with zero attached hydrogens (tertiary/aromatic N) is 2. The largest absolute Gasteiger partial charge is 0.495 e. The summed E-state index contributed by atoms with van der Waals surface area (Å²) in [6, 6.07) is 4.08. The van der Waals surface area contributed by atoms with Gasteiger partial charge in [-0.25, -0.2) is 22.5 Å². The standard InChI is InChI=1S/C19H24N2O5S2/c1-19(2)8-6-12(7-9-19)17-20-16(11-27-17)21(28(24)25)14-5-4-13(18(22)23)10-15(14)26-3/h4-5,10-12,28H,6-9H2,1-3H3,(H,22,23). The molecule has 0 atom stereocenters. The van der Waals surface area contributed by atoms with Crippen LogP contribution >= 0.6 is 11.3 Å². The van der Waals surface area contributed by atoms with Gasteiger partial charge >= 0.3 is 5.97 Å². The number of carbonyl (C=O) groups is 1. The van der Waals surface area contributed by atoms with Crippen molar-refractivity contribution in [1.29, 1.82) is 0 Å². The molecule has 7 nitrogen and oxygen atoms in total. The lowest BCUT2D eigenvalue weighted by molar-refractivity contribution is 0.0696. The van der Waals surface area contributed by atoms with E-state index in [0.717, 1.165) is 35.0 Å². The molecule has 1 aromatic heterocycles. The zero-order valence-corrected chi connectivity index (χ0v) is 17.8. The topological polar surface area (TPSA) is 96.8 Å². The van der Waals surface area contributed by atoms with Gasteiger partial charge in [0.25, 0.3) is 0 Å². The van der Waals surface area contributed by atoms with Crippen molar-refractivity contribution in [2.75, 3.05) is 11.4 Å². The van der Waals surface area contributed by atoms with Gasteiger partial charge in [0.15, 0.2) is 5.82 Å². The van der Waals surface area contributed by atoms with Gasteiger partial charge in [-0.05, 0) is 49.3 Å². The van der Waals surface area contributed by atoms with Gasteiger partial charge in [-0.3, -0.25) is 0 Å². The number of hydrogen-bond donors (Lipinski definition) is 2. The van der Waals surface area contributed by atoms with Gasteiger partial charge in [-0.1, -0.05) is 13.8 Å². The van der Waals surface area contributed by atoms with Crippen molar-refractivity contribution in [3.63, 3.8) is 0 Å². The highest BCUT2D eigenvalue weighted by Crippen LogP contribution is 2.44. The maximum Gasteiger partial charge on any atom is 0.335 e. The second-order valence-corrected chi connectivity index (χ2v) is 9.49. The third-order valence-electron chi connectivity index (χ3n) is 5.23. The molecular weight excluding hydrogens is 400 g/mol. The molecule has 28 heavy (non-hydrogen) atoms. The van der Waals surface area contributed by atoms with E-state index in [1.165, 1.54) is 36.6 Å². The van der Waals surface area contributed by atoms with Gasteiger partial charge < -0.3 is 9.84 Å². The summed E-state index contributed by atoms with van der Waals surface area (Å²) in [6.07, 6.45) is 4.33. The lowest BCUT2D eigenvalue weighted by Gasteiger charge is -2.33. The Kier molecular flexibility index (Phi) is 5.95. The normalized spacial score (nSPS) is 16.9. The Labute approximate surface area is 170 Å². The molecular formula is C19H24N2O5S2. The van der Waals surface area contributed by atoms with Crippen molar-refractivity contribution in [3.05, 3.63) is 34.2 Å². The predicted molar refractivity (Wildman–Crippen MR) is 110 cm³/mol. The van der Waals surface area contributed by atoms with Crippen LogP contribution < -0.4 is 9.04 Å². The molecule has 1 fully saturated rings. The molecule has 3 rings (SSSR count). The molecule has 0 aliphatic heterocycles. The number of ether oxygens (including phenoxy) is 1. The quantitative estimate of drug-likeness (QED) is 0.675. The van der Waals surface area contributed by atoms with Crippen LogP contribution in [0.15, 0.2) is 23.6 Å². The number of rotatable bonds is 6. The minimum absolute atomic E-state index is 0.0189. The fourth-order valence-electron chi connectivity index (χ4n) is 3.49. The number of carboxylic acid groups (broad SMARTS) is 1. The lowest BCUT2D eigenvalue weighted by atomic mass is 9.73. The van der Waals surface area contributed by atoms with Crippen LogP contribution in [-0.4, -0.2) is 31.6 Å². The van der Waals surface area contributed by atoms with Crippen molar-refractivity contribution in [2.24, 2.45) is 5.41 Å². The van der Waals surface area contributed by atoms with E-state index in [1.807, 2.05) is 0 Å². The smallest absolute Gasteiger partial charge is 0.335 e. The molecule has 1 heterocycles. The van der Waals surface area contributed by atoms with Gasteiger partial charge in [0.2, 0.25) is 10.9 Å². The molecule has 2 aromatic rings. The van der Waals surface area contributed by atoms with Gasteiger partial charge in [0.1, 0.15) is 11.4 Å². The maximum atomic E-state index is 12.0. The van der Waals surface area contributed by atoms with Gasteiger partial charge in [-0.2, -0.15) is 0 Å². The molecule has 1 aromatic carbocycles. The molecule has 1 aliphatic rings. The highest BCUT2D eigenvalue weighted by atomic mass is 32.2. The average molecular weight is 425 g/mol. The third-order valence-corrected chi connectivity index (χ3v) is 6.98. The Morgan fingerprint density at radius 2 is 2.00 bits per heavy atom. The van der Waals surface area contributed by atoms with Gasteiger partial charge in [0.05, 0.1) is 17.7 Å². The molecule has 1 aliphatic carbocycles. The Hall–Kier alpha value is -2.13. The SMILES string of the molecule is COc1cc(C(=O)O)ccc1N(c1csc(C2CCC(C)(C)CC2)n1)[SH](=O)=O. The van der Waals surface area contributed by atoms with Crippen LogP contribution in [0.1, 0.15) is 60.8 Å². The second-order valence-electron chi connectivity index (χ2n) is 7.72. The highest BCUT2D eigenvalue weighted by Gasteiger charge is 2.30. The van der Waals surface area contributed by atoms with Crippen molar-refractivity contribution >= 4 is 39.7 Å². The summed E-state index contributed by atoms with van der Waals surface area (Å²) in [4.78, 5) is 15.8. The van der Waals surface area contributed by atoms with Crippen LogP contribution in [0.25, 0.3) is 0 Å². The van der Waals surface area contributed by atoms with Crippen molar-refractivity contribution < 1.29 is 23.1 Å². The minimum Gasteiger partial charge on any atom is -0.495 e. The van der Waals surface area contributed by atoms with Crippen LogP contribution in [0, 0.1) is 5.41 Å². The van der Waals surface area contributed by atoms with Crippen LogP contribution in [0.3, 0.4) is 0 Å². The monoisotopic (exact) mass is 424 g/mol.